The zero-order chi connectivity index (χ0) is 15.0. The molecule has 1 heterocycles. The number of halogens is 4. The molecule has 0 saturated heterocycles. The van der Waals surface area contributed by atoms with E-state index < -0.39 is 11.6 Å². The van der Waals surface area contributed by atoms with Crippen molar-refractivity contribution in [3.8, 4) is 0 Å². The molecule has 21 heavy (non-hydrogen) atoms. The Kier molecular flexibility index (Phi) is 3.89. The largest absolute Gasteiger partial charge is 0.218 e. The Morgan fingerprint density at radius 1 is 1.14 bits per heavy atom. The maximum absolute atomic E-state index is 13.6. The number of benzene rings is 2. The van der Waals surface area contributed by atoms with Crippen LogP contribution >= 0.6 is 34.5 Å². The summed E-state index contributed by atoms with van der Waals surface area (Å²) in [5.74, 6) is -1.54. The average molecular weight is 343 g/mol. The zero-order valence-corrected chi connectivity index (χ0v) is 12.6. The zero-order valence-electron chi connectivity index (χ0n) is 10.3. The van der Waals surface area contributed by atoms with Gasteiger partial charge in [-0.1, -0.05) is 40.6 Å². The minimum Gasteiger partial charge on any atom is -0.218 e. The smallest absolute Gasteiger partial charge is 0.211 e. The number of rotatable bonds is 2. The molecule has 1 aromatic heterocycles. The molecule has 0 unspecified atom stereocenters. The minimum absolute atomic E-state index is 0.282. The molecule has 0 radical (unpaired) electrons. The number of nitrogens with zero attached hydrogens (tertiary/aromatic N) is 2. The van der Waals surface area contributed by atoms with Crippen molar-refractivity contribution in [2.45, 2.75) is 0 Å². The van der Waals surface area contributed by atoms with E-state index in [1.165, 1.54) is 17.4 Å². The van der Waals surface area contributed by atoms with Gasteiger partial charge >= 0.3 is 0 Å². The summed E-state index contributed by atoms with van der Waals surface area (Å²) in [5, 5.41) is 0.601. The fraction of sp³-hybridized carbons (Fsp3) is 0. The summed E-state index contributed by atoms with van der Waals surface area (Å²) in [6.45, 7) is 0. The van der Waals surface area contributed by atoms with Gasteiger partial charge in [0.1, 0.15) is 16.8 Å². The van der Waals surface area contributed by atoms with Gasteiger partial charge in [0.25, 0.3) is 0 Å². The monoisotopic (exact) mass is 342 g/mol. The summed E-state index contributed by atoms with van der Waals surface area (Å²) in [4.78, 5) is 8.21. The first-order chi connectivity index (χ1) is 10.0. The van der Waals surface area contributed by atoms with Crippen LogP contribution in [0.1, 0.15) is 5.56 Å². The molecule has 0 amide bonds. The van der Waals surface area contributed by atoms with Gasteiger partial charge in [0.05, 0.1) is 15.8 Å². The number of aromatic nitrogens is 1. The van der Waals surface area contributed by atoms with Crippen molar-refractivity contribution in [1.82, 2.24) is 4.98 Å². The van der Waals surface area contributed by atoms with Gasteiger partial charge in [-0.05, 0) is 30.3 Å². The van der Waals surface area contributed by atoms with E-state index in [0.717, 1.165) is 16.8 Å². The highest BCUT2D eigenvalue weighted by Crippen LogP contribution is 2.31. The molecule has 0 saturated carbocycles. The Morgan fingerprint density at radius 2 is 1.86 bits per heavy atom. The van der Waals surface area contributed by atoms with Crippen LogP contribution in [0.5, 0.6) is 0 Å². The second-order valence-corrected chi connectivity index (χ2v) is 5.91. The molecule has 0 fully saturated rings. The number of aliphatic imine (C=N–C) groups is 1. The SMILES string of the molecule is Fc1cccc(F)c1C(Cl)=Nc1nc2ccc(Cl)cc2s1. The van der Waals surface area contributed by atoms with E-state index in [-0.39, 0.29) is 10.7 Å². The average Bonchev–Trinajstić information content (AvgIpc) is 2.79. The molecule has 2 nitrogen and oxygen atoms in total. The van der Waals surface area contributed by atoms with Crippen LogP contribution in [-0.4, -0.2) is 10.2 Å². The summed E-state index contributed by atoms with van der Waals surface area (Å²) in [6.07, 6.45) is 0. The molecule has 0 N–H and O–H groups in total. The van der Waals surface area contributed by atoms with Gasteiger partial charge in [-0.25, -0.2) is 18.8 Å². The third-order valence-electron chi connectivity index (χ3n) is 2.70. The number of fused-ring (bicyclic) bond motifs is 1. The Labute approximate surface area is 132 Å². The van der Waals surface area contributed by atoms with Crippen LogP contribution in [0.3, 0.4) is 0 Å². The Balaban J connectivity index is 2.07. The second kappa shape index (κ2) is 5.67. The van der Waals surface area contributed by atoms with Crippen LogP contribution in [0.15, 0.2) is 41.4 Å². The quantitative estimate of drug-likeness (QED) is 0.561. The molecule has 2 aromatic carbocycles. The predicted octanol–water partition coefficient (Wildman–Crippen LogP) is 5.55. The molecule has 0 bridgehead atoms. The van der Waals surface area contributed by atoms with Gasteiger partial charge in [-0.3, -0.25) is 0 Å². The lowest BCUT2D eigenvalue weighted by atomic mass is 10.2. The van der Waals surface area contributed by atoms with Crippen LogP contribution < -0.4 is 0 Å². The minimum atomic E-state index is -0.770. The van der Waals surface area contributed by atoms with Crippen molar-refractivity contribution in [2.75, 3.05) is 0 Å². The number of hydrogen-bond acceptors (Lipinski definition) is 3. The fourth-order valence-electron chi connectivity index (χ4n) is 1.77. The molecule has 106 valence electrons. The van der Waals surface area contributed by atoms with Crippen LogP contribution in [-0.2, 0) is 0 Å². The lowest BCUT2D eigenvalue weighted by molar-refractivity contribution is 0.580. The highest BCUT2D eigenvalue weighted by molar-refractivity contribution is 7.22. The van der Waals surface area contributed by atoms with E-state index in [1.54, 1.807) is 18.2 Å². The Hall–Kier alpha value is -1.56. The Morgan fingerprint density at radius 3 is 2.57 bits per heavy atom. The maximum atomic E-state index is 13.6. The summed E-state index contributed by atoms with van der Waals surface area (Å²) in [5.41, 5.74) is 0.332. The van der Waals surface area contributed by atoms with E-state index >= 15 is 0 Å². The van der Waals surface area contributed by atoms with Crippen molar-refractivity contribution < 1.29 is 8.78 Å². The summed E-state index contributed by atoms with van der Waals surface area (Å²) >= 11 is 13.0. The van der Waals surface area contributed by atoms with Crippen LogP contribution in [0.25, 0.3) is 10.2 Å². The molecular formula is C14H6Cl2F2N2S. The molecule has 3 rings (SSSR count). The molecule has 0 atom stereocenters. The third kappa shape index (κ3) is 2.90. The topological polar surface area (TPSA) is 25.2 Å². The van der Waals surface area contributed by atoms with Gasteiger partial charge in [0.2, 0.25) is 5.13 Å². The molecule has 0 spiro atoms. The van der Waals surface area contributed by atoms with Gasteiger partial charge in [-0.2, -0.15) is 0 Å². The molecule has 7 heteroatoms. The molecular weight excluding hydrogens is 337 g/mol. The maximum Gasteiger partial charge on any atom is 0.211 e. The molecule has 0 aliphatic carbocycles. The van der Waals surface area contributed by atoms with Crippen molar-refractivity contribution >= 4 is 55.1 Å². The van der Waals surface area contributed by atoms with E-state index in [2.05, 4.69) is 9.98 Å². The van der Waals surface area contributed by atoms with E-state index in [1.807, 2.05) is 0 Å². The lowest BCUT2D eigenvalue weighted by Gasteiger charge is -2.01. The highest BCUT2D eigenvalue weighted by atomic mass is 35.5. The predicted molar refractivity (Wildman–Crippen MR) is 83.0 cm³/mol. The molecule has 3 aromatic rings. The van der Waals surface area contributed by atoms with Gasteiger partial charge in [-0.15, -0.1) is 0 Å². The van der Waals surface area contributed by atoms with Crippen molar-refractivity contribution in [2.24, 2.45) is 4.99 Å². The number of thiazole rings is 1. The molecule has 0 aliphatic rings. The first kappa shape index (κ1) is 14.4. The van der Waals surface area contributed by atoms with Gasteiger partial charge in [0, 0.05) is 5.02 Å². The number of hydrogen-bond donors (Lipinski definition) is 0. The fourth-order valence-corrected chi connectivity index (χ4v) is 3.20. The lowest BCUT2D eigenvalue weighted by Crippen LogP contribution is -1.99. The van der Waals surface area contributed by atoms with Crippen LogP contribution in [0.4, 0.5) is 13.9 Å². The van der Waals surface area contributed by atoms with Crippen molar-refractivity contribution in [3.05, 3.63) is 58.6 Å². The summed E-state index contributed by atoms with van der Waals surface area (Å²) in [6, 6.07) is 8.69. The highest BCUT2D eigenvalue weighted by Gasteiger charge is 2.14. The summed E-state index contributed by atoms with van der Waals surface area (Å²) in [7, 11) is 0. The van der Waals surface area contributed by atoms with E-state index in [0.29, 0.717) is 15.7 Å². The van der Waals surface area contributed by atoms with Crippen molar-refractivity contribution in [1.29, 1.82) is 0 Å². The van der Waals surface area contributed by atoms with Gasteiger partial charge in [0.15, 0.2) is 0 Å². The Bertz CT molecular complexity index is 841. The normalized spacial score (nSPS) is 12.1. The summed E-state index contributed by atoms with van der Waals surface area (Å²) < 4.78 is 28.1. The van der Waals surface area contributed by atoms with E-state index in [9.17, 15) is 8.78 Å². The second-order valence-electron chi connectivity index (χ2n) is 4.11. The first-order valence-corrected chi connectivity index (χ1v) is 7.36. The van der Waals surface area contributed by atoms with Crippen molar-refractivity contribution in [3.63, 3.8) is 0 Å². The third-order valence-corrected chi connectivity index (χ3v) is 4.12. The van der Waals surface area contributed by atoms with E-state index in [4.69, 9.17) is 23.2 Å². The van der Waals surface area contributed by atoms with Crippen LogP contribution in [0, 0.1) is 11.6 Å². The standard InChI is InChI=1S/C14H6Cl2F2N2S/c15-7-4-5-10-11(6-7)21-14(19-10)20-13(16)12-8(17)2-1-3-9(12)18/h1-6H. The first-order valence-electron chi connectivity index (χ1n) is 5.79. The molecule has 0 aliphatic heterocycles. The van der Waals surface area contributed by atoms with Crippen LogP contribution in [0.2, 0.25) is 5.02 Å². The van der Waals surface area contributed by atoms with Gasteiger partial charge < -0.3 is 0 Å².